The number of rotatable bonds is 10. The van der Waals surface area contributed by atoms with E-state index in [9.17, 15) is 5.11 Å². The maximum absolute atomic E-state index is 9.55. The van der Waals surface area contributed by atoms with Crippen LogP contribution in [-0.2, 0) is 4.74 Å². The van der Waals surface area contributed by atoms with Gasteiger partial charge in [-0.15, -0.1) is 24.8 Å². The number of aromatic hydroxyl groups is 1. The molecule has 6 aromatic rings. The lowest BCUT2D eigenvalue weighted by Crippen LogP contribution is -2.46. The number of piperazine rings is 2. The predicted molar refractivity (Wildman–Crippen MR) is 237 cm³/mol. The Kier molecular flexibility index (Phi) is 15.6. The van der Waals surface area contributed by atoms with E-state index in [2.05, 4.69) is 106 Å². The molecule has 0 bridgehead atoms. The van der Waals surface area contributed by atoms with Gasteiger partial charge in [0.2, 0.25) is 0 Å². The monoisotopic (exact) mass is 796 g/mol. The van der Waals surface area contributed by atoms with Gasteiger partial charge in [0.05, 0.1) is 18.0 Å². The number of pyridine rings is 2. The highest BCUT2D eigenvalue weighted by Gasteiger charge is 2.21. The molecule has 2 fully saturated rings. The highest BCUT2D eigenvalue weighted by molar-refractivity contribution is 5.96. The van der Waals surface area contributed by atoms with Crippen LogP contribution in [0.5, 0.6) is 11.5 Å². The van der Waals surface area contributed by atoms with E-state index in [1.54, 1.807) is 19.2 Å². The van der Waals surface area contributed by atoms with Gasteiger partial charge >= 0.3 is 0 Å². The lowest BCUT2D eigenvalue weighted by atomic mass is 10.1. The number of nitrogens with zero attached hydrogens (tertiary/aromatic N) is 6. The van der Waals surface area contributed by atoms with E-state index in [0.29, 0.717) is 13.2 Å². The molecule has 0 aliphatic carbocycles. The number of likely N-dealkylation sites (N-methyl/N-ethyl adjacent to an activating group) is 2. The average Bonchev–Trinajstić information content (AvgIpc) is 3.24. The molecule has 56 heavy (non-hydrogen) atoms. The Morgan fingerprint density at radius 3 is 1.41 bits per heavy atom. The summed E-state index contributed by atoms with van der Waals surface area (Å²) in [6.45, 7) is 16.2. The summed E-state index contributed by atoms with van der Waals surface area (Å²) < 4.78 is 10.7. The van der Waals surface area contributed by atoms with Crippen LogP contribution in [0.25, 0.3) is 44.1 Å². The molecule has 2 aliphatic rings. The Morgan fingerprint density at radius 2 is 0.982 bits per heavy atom. The summed E-state index contributed by atoms with van der Waals surface area (Å²) in [5.41, 5.74) is 4.08. The van der Waals surface area contributed by atoms with Crippen molar-refractivity contribution >= 4 is 58.0 Å². The highest BCUT2D eigenvalue weighted by Crippen LogP contribution is 2.33. The topological polar surface area (TPSA) is 77.4 Å². The molecule has 0 amide bonds. The highest BCUT2D eigenvalue weighted by atomic mass is 35.5. The third-order valence-electron chi connectivity index (χ3n) is 10.5. The Labute approximate surface area is 343 Å². The van der Waals surface area contributed by atoms with Gasteiger partial charge in [0.15, 0.2) is 0 Å². The number of phenolic OH excluding ortho intramolecular Hbond substituents is 1. The molecule has 11 heteroatoms. The molecule has 296 valence electrons. The summed E-state index contributed by atoms with van der Waals surface area (Å²) in [7, 11) is 1.68. The van der Waals surface area contributed by atoms with Gasteiger partial charge in [-0.1, -0.05) is 62.4 Å². The van der Waals surface area contributed by atoms with Crippen molar-refractivity contribution in [3.63, 3.8) is 0 Å². The van der Waals surface area contributed by atoms with Gasteiger partial charge in [-0.2, -0.15) is 0 Å². The second kappa shape index (κ2) is 20.5. The van der Waals surface area contributed by atoms with Gasteiger partial charge in [0.1, 0.15) is 29.7 Å². The van der Waals surface area contributed by atoms with Crippen molar-refractivity contribution in [1.29, 1.82) is 0 Å². The molecule has 2 saturated heterocycles. The lowest BCUT2D eigenvalue weighted by molar-refractivity contribution is 0.146. The van der Waals surface area contributed by atoms with Crippen LogP contribution in [0.2, 0.25) is 0 Å². The summed E-state index contributed by atoms with van der Waals surface area (Å²) in [6.07, 6.45) is 0. The van der Waals surface area contributed by atoms with Gasteiger partial charge in [-0.25, -0.2) is 9.97 Å². The number of ether oxygens (including phenoxy) is 2. The lowest BCUT2D eigenvalue weighted by Gasteiger charge is -2.35. The number of halogens is 2. The van der Waals surface area contributed by atoms with Crippen LogP contribution in [0.1, 0.15) is 13.8 Å². The van der Waals surface area contributed by atoms with Crippen LogP contribution in [0.15, 0.2) is 109 Å². The molecule has 0 atom stereocenters. The molecular formula is C45H54Cl2N6O3. The van der Waals surface area contributed by atoms with Crippen molar-refractivity contribution in [2.75, 3.05) is 95.6 Å². The first-order valence-corrected chi connectivity index (χ1v) is 19.3. The van der Waals surface area contributed by atoms with E-state index < -0.39 is 0 Å². The number of hydrogen-bond acceptors (Lipinski definition) is 9. The Bertz CT molecular complexity index is 2120. The number of hydrogen-bond donors (Lipinski definition) is 1. The minimum Gasteiger partial charge on any atom is -0.508 e. The fraction of sp³-hybridized carbons (Fsp3) is 0.333. The van der Waals surface area contributed by atoms with E-state index in [4.69, 9.17) is 19.4 Å². The number of methoxy groups -OCH3 is 1. The van der Waals surface area contributed by atoms with Gasteiger partial charge in [0, 0.05) is 81.4 Å². The second-order valence-electron chi connectivity index (χ2n) is 13.9. The van der Waals surface area contributed by atoms with Crippen LogP contribution in [-0.4, -0.2) is 111 Å². The van der Waals surface area contributed by atoms with Gasteiger partial charge in [-0.05, 0) is 84.5 Å². The quantitative estimate of drug-likeness (QED) is 0.137. The molecule has 4 heterocycles. The van der Waals surface area contributed by atoms with Gasteiger partial charge < -0.3 is 34.2 Å². The predicted octanol–water partition coefficient (Wildman–Crippen LogP) is 8.66. The zero-order valence-electron chi connectivity index (χ0n) is 32.6. The van der Waals surface area contributed by atoms with Crippen LogP contribution >= 0.6 is 24.8 Å². The van der Waals surface area contributed by atoms with E-state index in [-0.39, 0.29) is 30.6 Å². The van der Waals surface area contributed by atoms with Crippen molar-refractivity contribution in [1.82, 2.24) is 19.8 Å². The van der Waals surface area contributed by atoms with Crippen molar-refractivity contribution in [3.05, 3.63) is 109 Å². The molecule has 9 nitrogen and oxygen atoms in total. The van der Waals surface area contributed by atoms with E-state index >= 15 is 0 Å². The first-order chi connectivity index (χ1) is 26.5. The first-order valence-electron chi connectivity index (χ1n) is 19.3. The zero-order chi connectivity index (χ0) is 37.3. The summed E-state index contributed by atoms with van der Waals surface area (Å²) in [5, 5.41) is 14.4. The van der Waals surface area contributed by atoms with Crippen molar-refractivity contribution < 1.29 is 14.6 Å². The van der Waals surface area contributed by atoms with Crippen LogP contribution < -0.4 is 14.5 Å². The summed E-state index contributed by atoms with van der Waals surface area (Å²) in [6, 6.07) is 36.8. The summed E-state index contributed by atoms with van der Waals surface area (Å²) in [5.74, 6) is 3.29. The molecule has 8 rings (SSSR count). The third-order valence-corrected chi connectivity index (χ3v) is 10.5. The van der Waals surface area contributed by atoms with Crippen molar-refractivity contribution in [3.8, 4) is 34.0 Å². The molecule has 2 aliphatic heterocycles. The largest absolute Gasteiger partial charge is 0.508 e. The SMILES string of the molecule is CCN1CCN(c2nc(-c3ccc(O)cc3)cc3ccccc23)CC1.CCN1CCN(c2nc(-c3ccc(OCCOC)cc3)cc3ccccc23)CC1.Cl.Cl. The maximum Gasteiger partial charge on any atom is 0.137 e. The van der Waals surface area contributed by atoms with E-state index in [0.717, 1.165) is 105 Å². The maximum atomic E-state index is 9.55. The standard InChI is InChI=1S/C24H29N3O2.C21H23N3O.2ClH/c1-3-26-12-14-27(15-13-26)24-22-7-5-4-6-20(22)18-23(25-24)19-8-10-21(11-9-19)29-17-16-28-2;1-2-23-11-13-24(14-12-23)21-19-6-4-3-5-17(19)15-20(22-21)16-7-9-18(25)10-8-16;;/h4-11,18H,3,12-17H2,1-2H3;3-10,15,25H,2,11-14H2,1H3;2*1H. The summed E-state index contributed by atoms with van der Waals surface area (Å²) >= 11 is 0. The number of fused-ring (bicyclic) bond motifs is 2. The van der Waals surface area contributed by atoms with Crippen LogP contribution in [0.3, 0.4) is 0 Å². The molecule has 2 aromatic heterocycles. The number of anilines is 2. The van der Waals surface area contributed by atoms with Gasteiger partial charge in [0.25, 0.3) is 0 Å². The second-order valence-corrected chi connectivity index (χ2v) is 13.9. The number of benzene rings is 4. The molecule has 0 radical (unpaired) electrons. The first kappa shape index (κ1) is 42.5. The Balaban J connectivity index is 0.000000209. The Morgan fingerprint density at radius 1 is 0.554 bits per heavy atom. The fourth-order valence-electron chi connectivity index (χ4n) is 7.29. The number of phenols is 1. The molecule has 1 N–H and O–H groups in total. The summed E-state index contributed by atoms with van der Waals surface area (Å²) in [4.78, 5) is 19.9. The Hall–Kier alpha value is -4.64. The zero-order valence-corrected chi connectivity index (χ0v) is 34.3. The number of aromatic nitrogens is 2. The minimum atomic E-state index is 0. The fourth-order valence-corrected chi connectivity index (χ4v) is 7.29. The molecule has 0 spiro atoms. The van der Waals surface area contributed by atoms with Crippen molar-refractivity contribution in [2.45, 2.75) is 13.8 Å². The molecular weight excluding hydrogens is 743 g/mol. The normalized spacial score (nSPS) is 14.8. The van der Waals surface area contributed by atoms with E-state index in [1.165, 1.54) is 21.5 Å². The third kappa shape index (κ3) is 10.2. The average molecular weight is 798 g/mol. The molecule has 0 unspecified atom stereocenters. The molecule has 0 saturated carbocycles. The smallest absolute Gasteiger partial charge is 0.137 e. The van der Waals surface area contributed by atoms with E-state index in [1.807, 2.05) is 24.3 Å². The van der Waals surface area contributed by atoms with Crippen molar-refractivity contribution in [2.24, 2.45) is 0 Å². The molecule has 4 aromatic carbocycles. The van der Waals surface area contributed by atoms with Crippen LogP contribution in [0, 0.1) is 0 Å². The minimum absolute atomic E-state index is 0. The van der Waals surface area contributed by atoms with Gasteiger partial charge in [-0.3, -0.25) is 0 Å². The van der Waals surface area contributed by atoms with Crippen LogP contribution in [0.4, 0.5) is 11.6 Å².